The summed E-state index contributed by atoms with van der Waals surface area (Å²) in [6.45, 7) is 4.07. The predicted octanol–water partition coefficient (Wildman–Crippen LogP) is 4.83. The van der Waals surface area contributed by atoms with Gasteiger partial charge in [-0.3, -0.25) is 9.59 Å². The molecule has 8 nitrogen and oxygen atoms in total. The van der Waals surface area contributed by atoms with Crippen molar-refractivity contribution in [2.24, 2.45) is 0 Å². The Morgan fingerprint density at radius 1 is 1.00 bits per heavy atom. The van der Waals surface area contributed by atoms with Crippen LogP contribution in [0.25, 0.3) is 5.76 Å². The molecule has 1 fully saturated rings. The maximum Gasteiger partial charge on any atom is 0.295 e. The molecule has 2 heterocycles. The molecule has 190 valence electrons. The molecule has 2 aliphatic rings. The molecule has 1 atom stereocenters. The van der Waals surface area contributed by atoms with Crippen LogP contribution < -0.4 is 18.9 Å². The van der Waals surface area contributed by atoms with E-state index in [2.05, 4.69) is 0 Å². The summed E-state index contributed by atoms with van der Waals surface area (Å²) in [5.74, 6) is 0.674. The van der Waals surface area contributed by atoms with Gasteiger partial charge in [-0.1, -0.05) is 30.3 Å². The second-order valence-corrected chi connectivity index (χ2v) is 9.08. The Labute approximate surface area is 214 Å². The molecular formula is C29H27NO7. The fourth-order valence-corrected chi connectivity index (χ4v) is 4.56. The summed E-state index contributed by atoms with van der Waals surface area (Å²) in [6.07, 6.45) is -0.0658. The van der Waals surface area contributed by atoms with Gasteiger partial charge < -0.3 is 29.0 Å². The second-order valence-electron chi connectivity index (χ2n) is 9.08. The summed E-state index contributed by atoms with van der Waals surface area (Å²) in [7, 11) is 1.56. The highest BCUT2D eigenvalue weighted by Crippen LogP contribution is 2.42. The van der Waals surface area contributed by atoms with E-state index in [0.717, 1.165) is 5.56 Å². The highest BCUT2D eigenvalue weighted by atomic mass is 16.7. The quantitative estimate of drug-likeness (QED) is 0.281. The minimum absolute atomic E-state index is 0.0117. The maximum absolute atomic E-state index is 13.4. The van der Waals surface area contributed by atoms with Crippen molar-refractivity contribution in [1.82, 2.24) is 4.90 Å². The Morgan fingerprint density at radius 2 is 1.76 bits per heavy atom. The number of carbonyl (C=O) groups is 2. The Morgan fingerprint density at radius 3 is 2.49 bits per heavy atom. The summed E-state index contributed by atoms with van der Waals surface area (Å²) in [5, 5.41) is 11.4. The van der Waals surface area contributed by atoms with E-state index in [1.54, 1.807) is 67.8 Å². The van der Waals surface area contributed by atoms with Gasteiger partial charge in [0.25, 0.3) is 11.7 Å². The van der Waals surface area contributed by atoms with E-state index in [9.17, 15) is 14.7 Å². The Bertz CT molecular complexity index is 1380. The number of benzene rings is 3. The van der Waals surface area contributed by atoms with E-state index in [1.807, 2.05) is 19.9 Å². The number of Topliss-reactive ketones (excluding diaryl/α,β-unsaturated/α-hetero) is 1. The van der Waals surface area contributed by atoms with Gasteiger partial charge in [0.05, 0.1) is 24.8 Å². The Kier molecular flexibility index (Phi) is 6.48. The molecule has 37 heavy (non-hydrogen) atoms. The molecule has 0 radical (unpaired) electrons. The van der Waals surface area contributed by atoms with E-state index >= 15 is 0 Å². The van der Waals surface area contributed by atoms with Gasteiger partial charge in [-0.25, -0.2) is 0 Å². The highest BCUT2D eigenvalue weighted by molar-refractivity contribution is 6.46. The largest absolute Gasteiger partial charge is 0.507 e. The molecule has 3 aromatic rings. The number of amides is 1. The third-order valence-corrected chi connectivity index (χ3v) is 6.24. The molecule has 1 N–H and O–H groups in total. The summed E-state index contributed by atoms with van der Waals surface area (Å²) in [6, 6.07) is 18.5. The van der Waals surface area contributed by atoms with Crippen LogP contribution in [-0.2, 0) is 16.1 Å². The van der Waals surface area contributed by atoms with Gasteiger partial charge in [-0.2, -0.15) is 0 Å². The summed E-state index contributed by atoms with van der Waals surface area (Å²) < 4.78 is 21.9. The van der Waals surface area contributed by atoms with Crippen LogP contribution in [0.15, 0.2) is 72.3 Å². The van der Waals surface area contributed by atoms with E-state index in [4.69, 9.17) is 18.9 Å². The number of fused-ring (bicyclic) bond motifs is 1. The van der Waals surface area contributed by atoms with Crippen LogP contribution in [0.1, 0.15) is 36.6 Å². The van der Waals surface area contributed by atoms with Gasteiger partial charge >= 0.3 is 0 Å². The number of nitrogens with zero attached hydrogens (tertiary/aromatic N) is 1. The van der Waals surface area contributed by atoms with Gasteiger partial charge in [-0.05, 0) is 61.4 Å². The van der Waals surface area contributed by atoms with Crippen molar-refractivity contribution in [2.75, 3.05) is 13.9 Å². The van der Waals surface area contributed by atoms with E-state index in [0.29, 0.717) is 34.1 Å². The minimum atomic E-state index is -0.814. The number of ketones is 1. The zero-order valence-electron chi connectivity index (χ0n) is 20.8. The van der Waals surface area contributed by atoms with Crippen LogP contribution in [0, 0.1) is 0 Å². The summed E-state index contributed by atoms with van der Waals surface area (Å²) >= 11 is 0. The fraction of sp³-hybridized carbons (Fsp3) is 0.241. The van der Waals surface area contributed by atoms with Crippen molar-refractivity contribution < 1.29 is 33.6 Å². The first-order valence-electron chi connectivity index (χ1n) is 11.9. The fourth-order valence-electron chi connectivity index (χ4n) is 4.56. The van der Waals surface area contributed by atoms with Crippen molar-refractivity contribution in [2.45, 2.75) is 32.5 Å². The number of aliphatic hydroxyl groups is 1. The molecule has 1 amide bonds. The van der Waals surface area contributed by atoms with Gasteiger partial charge in [0, 0.05) is 12.1 Å². The maximum atomic E-state index is 13.4. The topological polar surface area (TPSA) is 94.5 Å². The molecule has 3 aromatic carbocycles. The first-order chi connectivity index (χ1) is 17.9. The molecule has 5 rings (SSSR count). The molecule has 0 spiro atoms. The number of aliphatic hydroxyl groups excluding tert-OH is 1. The lowest BCUT2D eigenvalue weighted by Crippen LogP contribution is -2.29. The molecule has 1 unspecified atom stereocenters. The third-order valence-electron chi connectivity index (χ3n) is 6.24. The molecule has 2 aliphatic heterocycles. The van der Waals surface area contributed by atoms with E-state index < -0.39 is 17.7 Å². The number of hydrogen-bond acceptors (Lipinski definition) is 7. The molecule has 0 bridgehead atoms. The van der Waals surface area contributed by atoms with Gasteiger partial charge in [-0.15, -0.1) is 0 Å². The first-order valence-corrected chi connectivity index (χ1v) is 11.9. The standard InChI is InChI=1S/C29H27NO7/c1-17(2)37-22-6-4-5-20(14-22)27(31)25-26(19-8-10-21(34-3)11-9-19)30(29(33)28(25)32)15-18-7-12-23-24(13-18)36-16-35-23/h4-14,17,26,31H,15-16H2,1-3H3/b27-25+. The molecule has 0 aromatic heterocycles. The molecule has 0 aliphatic carbocycles. The van der Waals surface area contributed by atoms with Crippen LogP contribution in [0.3, 0.4) is 0 Å². The van der Waals surface area contributed by atoms with Crippen LogP contribution in [0.4, 0.5) is 0 Å². The number of carbonyl (C=O) groups excluding carboxylic acids is 2. The van der Waals surface area contributed by atoms with Crippen LogP contribution in [0.5, 0.6) is 23.0 Å². The SMILES string of the molecule is COc1ccc(C2/C(=C(\O)c3cccc(OC(C)C)c3)C(=O)C(=O)N2Cc2ccc3c(c2)OCO3)cc1. The van der Waals surface area contributed by atoms with Crippen molar-refractivity contribution >= 4 is 17.4 Å². The summed E-state index contributed by atoms with van der Waals surface area (Å²) in [5.41, 5.74) is 1.82. The summed E-state index contributed by atoms with van der Waals surface area (Å²) in [4.78, 5) is 28.2. The average molecular weight is 502 g/mol. The van der Waals surface area contributed by atoms with Gasteiger partial charge in [0.1, 0.15) is 17.3 Å². The first kappa shape index (κ1) is 24.2. The monoisotopic (exact) mass is 501 g/mol. The number of likely N-dealkylation sites (tertiary alicyclic amines) is 1. The number of methoxy groups -OCH3 is 1. The van der Waals surface area contributed by atoms with Crippen LogP contribution in [-0.4, -0.2) is 41.7 Å². The van der Waals surface area contributed by atoms with Crippen molar-refractivity contribution in [1.29, 1.82) is 0 Å². The lowest BCUT2D eigenvalue weighted by Gasteiger charge is -2.25. The second kappa shape index (κ2) is 9.89. The minimum Gasteiger partial charge on any atom is -0.507 e. The van der Waals surface area contributed by atoms with Crippen LogP contribution >= 0.6 is 0 Å². The molecule has 0 saturated carbocycles. The van der Waals surface area contributed by atoms with Crippen molar-refractivity contribution in [3.8, 4) is 23.0 Å². The normalized spacial score (nSPS) is 17.9. The third kappa shape index (κ3) is 4.70. The molecular weight excluding hydrogens is 474 g/mol. The number of ether oxygens (including phenoxy) is 4. The Balaban J connectivity index is 1.59. The zero-order valence-corrected chi connectivity index (χ0v) is 20.8. The van der Waals surface area contributed by atoms with Gasteiger partial charge in [0.15, 0.2) is 11.5 Å². The highest BCUT2D eigenvalue weighted by Gasteiger charge is 2.46. The van der Waals surface area contributed by atoms with Gasteiger partial charge in [0.2, 0.25) is 6.79 Å². The lowest BCUT2D eigenvalue weighted by atomic mass is 9.95. The molecule has 8 heteroatoms. The molecule has 1 saturated heterocycles. The Hall–Kier alpha value is -4.46. The smallest absolute Gasteiger partial charge is 0.295 e. The van der Waals surface area contributed by atoms with E-state index in [-0.39, 0.29) is 30.8 Å². The van der Waals surface area contributed by atoms with Crippen LogP contribution in [0.2, 0.25) is 0 Å². The number of rotatable bonds is 7. The van der Waals surface area contributed by atoms with Crippen molar-refractivity contribution in [3.05, 3.63) is 89.0 Å². The lowest BCUT2D eigenvalue weighted by molar-refractivity contribution is -0.140. The zero-order chi connectivity index (χ0) is 26.1. The predicted molar refractivity (Wildman–Crippen MR) is 136 cm³/mol. The average Bonchev–Trinajstić information content (AvgIpc) is 3.46. The number of hydrogen-bond donors (Lipinski definition) is 1. The van der Waals surface area contributed by atoms with E-state index in [1.165, 1.54) is 4.90 Å². The van der Waals surface area contributed by atoms with Crippen molar-refractivity contribution in [3.63, 3.8) is 0 Å².